The first-order chi connectivity index (χ1) is 10.3. The minimum absolute atomic E-state index is 0.358. The Kier molecular flexibility index (Phi) is 4.77. The molecular formula is C20H28O. The van der Waals surface area contributed by atoms with Crippen molar-refractivity contribution in [3.05, 3.63) is 35.4 Å². The van der Waals surface area contributed by atoms with Crippen molar-refractivity contribution in [1.82, 2.24) is 0 Å². The van der Waals surface area contributed by atoms with Crippen LogP contribution in [0.1, 0.15) is 68.9 Å². The van der Waals surface area contributed by atoms with Crippen molar-refractivity contribution >= 4 is 6.29 Å². The van der Waals surface area contributed by atoms with Crippen LogP contribution >= 0.6 is 0 Å². The maximum absolute atomic E-state index is 11.0. The van der Waals surface area contributed by atoms with Gasteiger partial charge in [0, 0.05) is 5.92 Å². The van der Waals surface area contributed by atoms with E-state index in [-0.39, 0.29) is 0 Å². The number of fused-ring (bicyclic) bond motifs is 1. The second-order valence-corrected chi connectivity index (χ2v) is 7.23. The van der Waals surface area contributed by atoms with Gasteiger partial charge in [-0.1, -0.05) is 37.6 Å². The second kappa shape index (κ2) is 6.77. The molecule has 0 aromatic heterocycles. The highest BCUT2D eigenvalue weighted by Gasteiger charge is 2.35. The summed E-state index contributed by atoms with van der Waals surface area (Å²) in [6.45, 7) is 2.24. The van der Waals surface area contributed by atoms with E-state index >= 15 is 0 Å². The Balaban J connectivity index is 1.62. The van der Waals surface area contributed by atoms with Crippen molar-refractivity contribution in [1.29, 1.82) is 0 Å². The van der Waals surface area contributed by atoms with E-state index < -0.39 is 0 Å². The number of aryl methyl sites for hydroxylation is 1. The third kappa shape index (κ3) is 3.39. The Morgan fingerprint density at radius 1 is 1.00 bits per heavy atom. The van der Waals surface area contributed by atoms with Crippen molar-refractivity contribution in [3.8, 4) is 0 Å². The van der Waals surface area contributed by atoms with Crippen LogP contribution in [0.4, 0.5) is 0 Å². The van der Waals surface area contributed by atoms with Gasteiger partial charge in [-0.25, -0.2) is 0 Å². The first-order valence-corrected chi connectivity index (χ1v) is 8.84. The SMILES string of the molecule is CCCc1ccc(C2CCC3CC(C=O)CCC3C2)cc1. The van der Waals surface area contributed by atoms with Crippen molar-refractivity contribution in [2.75, 3.05) is 0 Å². The molecule has 1 heteroatoms. The molecule has 1 aromatic rings. The summed E-state index contributed by atoms with van der Waals surface area (Å²) in [7, 11) is 0. The lowest BCUT2D eigenvalue weighted by molar-refractivity contribution is -0.113. The van der Waals surface area contributed by atoms with E-state index in [2.05, 4.69) is 31.2 Å². The predicted octanol–water partition coefficient (Wildman–Crippen LogP) is 5.14. The van der Waals surface area contributed by atoms with E-state index in [1.54, 1.807) is 5.56 Å². The highest BCUT2D eigenvalue weighted by molar-refractivity contribution is 5.53. The van der Waals surface area contributed by atoms with Gasteiger partial charge in [0.05, 0.1) is 0 Å². The van der Waals surface area contributed by atoms with Crippen LogP contribution in [0.15, 0.2) is 24.3 Å². The Morgan fingerprint density at radius 2 is 1.71 bits per heavy atom. The van der Waals surface area contributed by atoms with Gasteiger partial charge in [-0.3, -0.25) is 0 Å². The predicted molar refractivity (Wildman–Crippen MR) is 87.4 cm³/mol. The van der Waals surface area contributed by atoms with Gasteiger partial charge >= 0.3 is 0 Å². The molecule has 1 aromatic carbocycles. The second-order valence-electron chi connectivity index (χ2n) is 7.23. The number of carbonyl (C=O) groups is 1. The van der Waals surface area contributed by atoms with Crippen molar-refractivity contribution < 1.29 is 4.79 Å². The Morgan fingerprint density at radius 3 is 2.43 bits per heavy atom. The van der Waals surface area contributed by atoms with Gasteiger partial charge in [0.15, 0.2) is 0 Å². The average Bonchev–Trinajstić information content (AvgIpc) is 2.55. The maximum Gasteiger partial charge on any atom is 0.123 e. The zero-order valence-electron chi connectivity index (χ0n) is 13.3. The summed E-state index contributed by atoms with van der Waals surface area (Å²) in [6.07, 6.45) is 11.2. The summed E-state index contributed by atoms with van der Waals surface area (Å²) in [6, 6.07) is 9.39. The molecule has 0 radical (unpaired) electrons. The van der Waals surface area contributed by atoms with Crippen LogP contribution in [-0.2, 0) is 11.2 Å². The van der Waals surface area contributed by atoms with Crippen molar-refractivity contribution in [2.45, 2.75) is 64.2 Å². The number of benzene rings is 1. The zero-order valence-corrected chi connectivity index (χ0v) is 13.3. The summed E-state index contributed by atoms with van der Waals surface area (Å²) >= 11 is 0. The van der Waals surface area contributed by atoms with Gasteiger partial charge in [-0.05, 0) is 73.8 Å². The third-order valence-corrected chi connectivity index (χ3v) is 5.84. The van der Waals surface area contributed by atoms with E-state index in [4.69, 9.17) is 0 Å². The molecule has 0 spiro atoms. The van der Waals surface area contributed by atoms with Crippen LogP contribution in [0.3, 0.4) is 0 Å². The Bertz CT molecular complexity index is 461. The quantitative estimate of drug-likeness (QED) is 0.700. The fraction of sp³-hybridized carbons (Fsp3) is 0.650. The smallest absolute Gasteiger partial charge is 0.123 e. The van der Waals surface area contributed by atoms with Crippen LogP contribution in [0.2, 0.25) is 0 Å². The number of carbonyl (C=O) groups excluding carboxylic acids is 1. The van der Waals surface area contributed by atoms with E-state index in [9.17, 15) is 4.79 Å². The molecule has 0 aliphatic heterocycles. The molecule has 21 heavy (non-hydrogen) atoms. The Hall–Kier alpha value is -1.11. The standard InChI is InChI=1S/C20H28O/c1-2-3-15-4-7-17(8-5-15)19-11-10-18-12-16(14-21)6-9-20(18)13-19/h4-5,7-8,14,16,18-20H,2-3,6,9-13H2,1H3. The van der Waals surface area contributed by atoms with E-state index in [1.807, 2.05) is 0 Å². The van der Waals surface area contributed by atoms with Gasteiger partial charge in [0.1, 0.15) is 6.29 Å². The number of rotatable bonds is 4. The average molecular weight is 284 g/mol. The summed E-state index contributed by atoms with van der Waals surface area (Å²) < 4.78 is 0. The molecular weight excluding hydrogens is 256 g/mol. The first kappa shape index (κ1) is 14.8. The molecule has 2 saturated carbocycles. The summed E-state index contributed by atoms with van der Waals surface area (Å²) in [5, 5.41) is 0. The van der Waals surface area contributed by atoms with Crippen molar-refractivity contribution in [2.24, 2.45) is 17.8 Å². The normalized spacial score (nSPS) is 32.4. The topological polar surface area (TPSA) is 17.1 Å². The zero-order chi connectivity index (χ0) is 14.7. The highest BCUT2D eigenvalue weighted by Crippen LogP contribution is 2.47. The van der Waals surface area contributed by atoms with Gasteiger partial charge < -0.3 is 4.79 Å². The number of aldehydes is 1. The minimum Gasteiger partial charge on any atom is -0.303 e. The van der Waals surface area contributed by atoms with Crippen LogP contribution < -0.4 is 0 Å². The molecule has 4 unspecified atom stereocenters. The Labute approximate surface area is 129 Å². The number of hydrogen-bond acceptors (Lipinski definition) is 1. The fourth-order valence-electron chi connectivity index (χ4n) is 4.60. The van der Waals surface area contributed by atoms with Gasteiger partial charge in [0.25, 0.3) is 0 Å². The fourth-order valence-corrected chi connectivity index (χ4v) is 4.60. The van der Waals surface area contributed by atoms with Gasteiger partial charge in [-0.15, -0.1) is 0 Å². The lowest BCUT2D eigenvalue weighted by Gasteiger charge is -2.41. The summed E-state index contributed by atoms with van der Waals surface area (Å²) in [5.74, 6) is 2.81. The molecule has 0 N–H and O–H groups in total. The van der Waals surface area contributed by atoms with Crippen LogP contribution in [0.25, 0.3) is 0 Å². The van der Waals surface area contributed by atoms with Crippen LogP contribution in [0.5, 0.6) is 0 Å². The largest absolute Gasteiger partial charge is 0.303 e. The molecule has 4 atom stereocenters. The minimum atomic E-state index is 0.358. The monoisotopic (exact) mass is 284 g/mol. The number of hydrogen-bond donors (Lipinski definition) is 0. The first-order valence-electron chi connectivity index (χ1n) is 8.84. The van der Waals surface area contributed by atoms with E-state index in [1.165, 1.54) is 50.4 Å². The maximum atomic E-state index is 11.0. The molecule has 1 nitrogen and oxygen atoms in total. The molecule has 3 rings (SSSR count). The molecule has 2 aliphatic rings. The van der Waals surface area contributed by atoms with Crippen LogP contribution in [-0.4, -0.2) is 6.29 Å². The third-order valence-electron chi connectivity index (χ3n) is 5.84. The van der Waals surface area contributed by atoms with Gasteiger partial charge in [-0.2, -0.15) is 0 Å². The molecule has 114 valence electrons. The summed E-state index contributed by atoms with van der Waals surface area (Å²) in [5.41, 5.74) is 3.02. The molecule has 0 amide bonds. The molecule has 2 aliphatic carbocycles. The molecule has 0 saturated heterocycles. The van der Waals surface area contributed by atoms with Crippen LogP contribution in [0, 0.1) is 17.8 Å². The highest BCUT2D eigenvalue weighted by atomic mass is 16.1. The van der Waals surface area contributed by atoms with Crippen molar-refractivity contribution in [3.63, 3.8) is 0 Å². The summed E-state index contributed by atoms with van der Waals surface area (Å²) in [4.78, 5) is 11.0. The molecule has 0 heterocycles. The van der Waals surface area contributed by atoms with E-state index in [0.29, 0.717) is 5.92 Å². The molecule has 0 bridgehead atoms. The van der Waals surface area contributed by atoms with E-state index in [0.717, 1.165) is 30.6 Å². The lowest BCUT2D eigenvalue weighted by atomic mass is 9.64. The van der Waals surface area contributed by atoms with Gasteiger partial charge in [0.2, 0.25) is 0 Å². The molecule has 2 fully saturated rings. The lowest BCUT2D eigenvalue weighted by Crippen LogP contribution is -2.30.